The van der Waals surface area contributed by atoms with Crippen molar-refractivity contribution >= 4 is 23.3 Å². The fourth-order valence-electron chi connectivity index (χ4n) is 5.14. The molecule has 2 aromatic rings. The summed E-state index contributed by atoms with van der Waals surface area (Å²) in [7, 11) is 0. The molecule has 1 aliphatic carbocycles. The molecule has 0 atom stereocenters. The predicted octanol–water partition coefficient (Wildman–Crippen LogP) is -0.0655. The Morgan fingerprint density at radius 3 is 2.32 bits per heavy atom. The largest absolute Gasteiger partial charge is 0.354 e. The first kappa shape index (κ1) is 19.0. The minimum atomic E-state index is 0.0176. The van der Waals surface area contributed by atoms with Crippen molar-refractivity contribution in [2.45, 2.75) is 25.7 Å². The molecule has 2 saturated heterocycles. The Morgan fingerprint density at radius 2 is 1.61 bits per heavy atom. The molecule has 3 fully saturated rings. The number of nitrogens with zero attached hydrogens (tertiary/aromatic N) is 6. The minimum Gasteiger partial charge on any atom is -0.354 e. The Morgan fingerprint density at radius 1 is 0.935 bits per heavy atom. The van der Waals surface area contributed by atoms with Crippen molar-refractivity contribution in [1.29, 1.82) is 0 Å². The SMILES string of the molecule is O=C(C1CC1)N1CCN(C(=O)C2CN(c3c4c(nc5ccnn35)CCNCC4)C2)CC1. The summed E-state index contributed by atoms with van der Waals surface area (Å²) in [4.78, 5) is 36.4. The molecule has 9 nitrogen and oxygen atoms in total. The second kappa shape index (κ2) is 7.47. The fraction of sp³-hybridized carbons (Fsp3) is 0.636. The lowest BCUT2D eigenvalue weighted by atomic mass is 9.96. The molecule has 0 aromatic carbocycles. The van der Waals surface area contributed by atoms with E-state index in [9.17, 15) is 9.59 Å². The average molecular weight is 424 g/mol. The highest BCUT2D eigenvalue weighted by atomic mass is 16.2. The van der Waals surface area contributed by atoms with Crippen LogP contribution in [0.5, 0.6) is 0 Å². The lowest BCUT2D eigenvalue weighted by Crippen LogP contribution is -2.59. The summed E-state index contributed by atoms with van der Waals surface area (Å²) in [6, 6.07) is 1.95. The van der Waals surface area contributed by atoms with Gasteiger partial charge in [0.05, 0.1) is 17.8 Å². The number of carbonyl (C=O) groups is 2. The van der Waals surface area contributed by atoms with Crippen molar-refractivity contribution in [3.05, 3.63) is 23.5 Å². The van der Waals surface area contributed by atoms with Gasteiger partial charge in [-0.05, 0) is 25.8 Å². The van der Waals surface area contributed by atoms with Crippen molar-refractivity contribution in [2.24, 2.45) is 11.8 Å². The zero-order valence-corrected chi connectivity index (χ0v) is 17.8. The van der Waals surface area contributed by atoms with E-state index < -0.39 is 0 Å². The molecule has 0 radical (unpaired) electrons. The molecule has 0 bridgehead atoms. The molecule has 0 spiro atoms. The van der Waals surface area contributed by atoms with Crippen LogP contribution in [0, 0.1) is 11.8 Å². The van der Waals surface area contributed by atoms with E-state index in [-0.39, 0.29) is 23.7 Å². The van der Waals surface area contributed by atoms with Gasteiger partial charge in [-0.25, -0.2) is 4.98 Å². The molecule has 1 N–H and O–H groups in total. The third-order valence-electron chi connectivity index (χ3n) is 7.14. The van der Waals surface area contributed by atoms with Crippen LogP contribution in [0.25, 0.3) is 5.65 Å². The Labute approximate surface area is 181 Å². The monoisotopic (exact) mass is 423 g/mol. The highest BCUT2D eigenvalue weighted by molar-refractivity contribution is 5.84. The van der Waals surface area contributed by atoms with Gasteiger partial charge >= 0.3 is 0 Å². The van der Waals surface area contributed by atoms with Gasteiger partial charge in [-0.15, -0.1) is 0 Å². The van der Waals surface area contributed by atoms with Gasteiger partial charge < -0.3 is 20.0 Å². The Bertz CT molecular complexity index is 1020. The van der Waals surface area contributed by atoms with Crippen LogP contribution >= 0.6 is 0 Å². The number of carbonyl (C=O) groups excluding carboxylic acids is 2. The molecule has 1 saturated carbocycles. The highest BCUT2D eigenvalue weighted by Gasteiger charge is 2.40. The van der Waals surface area contributed by atoms with E-state index >= 15 is 0 Å². The summed E-state index contributed by atoms with van der Waals surface area (Å²) in [6.07, 6.45) is 5.72. The van der Waals surface area contributed by atoms with E-state index in [0.717, 1.165) is 69.0 Å². The number of amides is 2. The summed E-state index contributed by atoms with van der Waals surface area (Å²) in [5.74, 6) is 1.90. The quantitative estimate of drug-likeness (QED) is 0.744. The zero-order valence-electron chi connectivity index (χ0n) is 17.8. The van der Waals surface area contributed by atoms with Crippen LogP contribution < -0.4 is 10.2 Å². The lowest BCUT2D eigenvalue weighted by molar-refractivity contribution is -0.143. The van der Waals surface area contributed by atoms with E-state index in [1.807, 2.05) is 20.4 Å². The normalized spacial score (nSPS) is 22.3. The van der Waals surface area contributed by atoms with Crippen LogP contribution in [0.3, 0.4) is 0 Å². The van der Waals surface area contributed by atoms with Crippen molar-refractivity contribution in [1.82, 2.24) is 29.7 Å². The van der Waals surface area contributed by atoms with Gasteiger partial charge in [0.2, 0.25) is 11.8 Å². The molecule has 5 heterocycles. The second-order valence-corrected chi connectivity index (χ2v) is 9.24. The summed E-state index contributed by atoms with van der Waals surface area (Å²) < 4.78 is 1.94. The maximum atomic E-state index is 13.1. The second-order valence-electron chi connectivity index (χ2n) is 9.24. The van der Waals surface area contributed by atoms with Gasteiger partial charge in [-0.1, -0.05) is 0 Å². The molecule has 3 aliphatic heterocycles. The van der Waals surface area contributed by atoms with Crippen molar-refractivity contribution < 1.29 is 9.59 Å². The van der Waals surface area contributed by atoms with E-state index in [4.69, 9.17) is 4.98 Å². The molecule has 2 aromatic heterocycles. The van der Waals surface area contributed by atoms with Crippen LogP contribution in [0.15, 0.2) is 12.3 Å². The number of anilines is 1. The van der Waals surface area contributed by atoms with Crippen LogP contribution in [-0.2, 0) is 22.4 Å². The van der Waals surface area contributed by atoms with E-state index in [1.165, 1.54) is 5.56 Å². The molecule has 0 unspecified atom stereocenters. The lowest BCUT2D eigenvalue weighted by Gasteiger charge is -2.44. The smallest absolute Gasteiger partial charge is 0.229 e. The third kappa shape index (κ3) is 3.35. The number of hydrogen-bond donors (Lipinski definition) is 1. The predicted molar refractivity (Wildman–Crippen MR) is 115 cm³/mol. The number of rotatable bonds is 3. The van der Waals surface area contributed by atoms with Crippen LogP contribution in [0.1, 0.15) is 24.1 Å². The number of fused-ring (bicyclic) bond motifs is 2. The first-order valence-electron chi connectivity index (χ1n) is 11.6. The van der Waals surface area contributed by atoms with Gasteiger partial charge in [0, 0.05) is 69.8 Å². The summed E-state index contributed by atoms with van der Waals surface area (Å²) >= 11 is 0. The first-order valence-corrected chi connectivity index (χ1v) is 11.6. The average Bonchev–Trinajstić information content (AvgIpc) is 3.54. The summed E-state index contributed by atoms with van der Waals surface area (Å²) in [5, 5.41) is 7.98. The number of nitrogens with one attached hydrogen (secondary N) is 1. The maximum absolute atomic E-state index is 13.1. The Kier molecular flexibility index (Phi) is 4.59. The molecule has 2 amide bonds. The van der Waals surface area contributed by atoms with Crippen LogP contribution in [0.2, 0.25) is 0 Å². The molecular formula is C22H29N7O2. The van der Waals surface area contributed by atoms with Gasteiger partial charge in [-0.3, -0.25) is 9.59 Å². The van der Waals surface area contributed by atoms with Gasteiger partial charge in [0.15, 0.2) is 5.65 Å². The topological polar surface area (TPSA) is 86.1 Å². The van der Waals surface area contributed by atoms with Gasteiger partial charge in [-0.2, -0.15) is 9.61 Å². The van der Waals surface area contributed by atoms with Crippen molar-refractivity contribution in [3.63, 3.8) is 0 Å². The molecule has 164 valence electrons. The van der Waals surface area contributed by atoms with Crippen LogP contribution in [0.4, 0.5) is 5.82 Å². The third-order valence-corrected chi connectivity index (χ3v) is 7.14. The maximum Gasteiger partial charge on any atom is 0.229 e. The minimum absolute atomic E-state index is 0.0176. The van der Waals surface area contributed by atoms with E-state index in [1.54, 1.807) is 6.20 Å². The summed E-state index contributed by atoms with van der Waals surface area (Å²) in [6.45, 7) is 6.00. The molecule has 4 aliphatic rings. The van der Waals surface area contributed by atoms with Crippen LogP contribution in [-0.4, -0.2) is 88.6 Å². The van der Waals surface area contributed by atoms with Gasteiger partial charge in [0.1, 0.15) is 5.82 Å². The fourth-order valence-corrected chi connectivity index (χ4v) is 5.14. The van der Waals surface area contributed by atoms with Crippen molar-refractivity contribution in [3.8, 4) is 0 Å². The molecule has 9 heteroatoms. The number of piperazine rings is 1. The van der Waals surface area contributed by atoms with Gasteiger partial charge in [0.25, 0.3) is 0 Å². The standard InChI is InChI=1S/C22H29N7O2/c30-21(15-1-2-15)26-9-11-27(12-10-26)22(31)16-13-28(14-16)20-17-3-6-23-7-4-18(17)25-19-5-8-24-29(19)20/h5,8,15-16,23H,1-4,6-7,9-14H2. The molecule has 31 heavy (non-hydrogen) atoms. The first-order chi connectivity index (χ1) is 15.2. The molecular weight excluding hydrogens is 394 g/mol. The Balaban J connectivity index is 1.14. The summed E-state index contributed by atoms with van der Waals surface area (Å²) in [5.41, 5.74) is 3.29. The highest BCUT2D eigenvalue weighted by Crippen LogP contribution is 2.33. The number of aromatic nitrogens is 3. The molecule has 6 rings (SSSR count). The zero-order chi connectivity index (χ0) is 20.9. The van der Waals surface area contributed by atoms with Crippen molar-refractivity contribution in [2.75, 3.05) is 57.3 Å². The number of hydrogen-bond acceptors (Lipinski definition) is 6. The van der Waals surface area contributed by atoms with E-state index in [2.05, 4.69) is 15.3 Å². The Hall–Kier alpha value is -2.68. The van der Waals surface area contributed by atoms with E-state index in [0.29, 0.717) is 26.2 Å².